The van der Waals surface area contributed by atoms with Crippen molar-refractivity contribution >= 4 is 20.9 Å². The van der Waals surface area contributed by atoms with Gasteiger partial charge in [0, 0.05) is 18.1 Å². The van der Waals surface area contributed by atoms with Gasteiger partial charge in [0.15, 0.2) is 0 Å². The zero-order valence-electron chi connectivity index (χ0n) is 10.5. The van der Waals surface area contributed by atoms with Crippen molar-refractivity contribution in [1.82, 2.24) is 9.71 Å². The predicted molar refractivity (Wildman–Crippen MR) is 75.2 cm³/mol. The Balaban J connectivity index is 2.28. The van der Waals surface area contributed by atoms with Crippen LogP contribution in [-0.4, -0.2) is 26.5 Å². The van der Waals surface area contributed by atoms with Crippen LogP contribution in [0.5, 0.6) is 0 Å². The van der Waals surface area contributed by atoms with E-state index in [9.17, 15) is 8.42 Å². The van der Waals surface area contributed by atoms with Gasteiger partial charge in [-0.15, -0.1) is 0 Å². The van der Waals surface area contributed by atoms with Gasteiger partial charge < -0.3 is 5.73 Å². The quantitative estimate of drug-likeness (QED) is 0.779. The summed E-state index contributed by atoms with van der Waals surface area (Å²) in [4.78, 5) is 4.37. The number of sulfonamides is 1. The first kappa shape index (κ1) is 13.9. The number of pyridine rings is 1. The van der Waals surface area contributed by atoms with Crippen LogP contribution in [0.2, 0.25) is 0 Å². The van der Waals surface area contributed by atoms with Gasteiger partial charge >= 0.3 is 0 Å². The molecular weight excluding hydrogens is 262 g/mol. The van der Waals surface area contributed by atoms with Crippen LogP contribution >= 0.6 is 0 Å². The molecule has 0 aliphatic rings. The monoisotopic (exact) mass is 279 g/mol. The first-order valence-corrected chi connectivity index (χ1v) is 7.67. The Morgan fingerprint density at radius 1 is 1.16 bits per heavy atom. The van der Waals surface area contributed by atoms with Crippen LogP contribution in [0.25, 0.3) is 10.9 Å². The molecule has 0 bridgehead atoms. The van der Waals surface area contributed by atoms with Crippen LogP contribution in [0.3, 0.4) is 0 Å². The first-order valence-electron chi connectivity index (χ1n) is 6.18. The number of hydrogen-bond donors (Lipinski definition) is 2. The van der Waals surface area contributed by atoms with Crippen molar-refractivity contribution in [3.8, 4) is 0 Å². The van der Waals surface area contributed by atoms with Crippen LogP contribution in [0.15, 0.2) is 41.4 Å². The van der Waals surface area contributed by atoms with Gasteiger partial charge in [-0.2, -0.15) is 0 Å². The maximum absolute atomic E-state index is 12.2. The van der Waals surface area contributed by atoms with Gasteiger partial charge in [0.1, 0.15) is 4.90 Å². The minimum atomic E-state index is -3.52. The fraction of sp³-hybridized carbons (Fsp3) is 0.308. The largest absolute Gasteiger partial charge is 0.330 e. The van der Waals surface area contributed by atoms with E-state index in [0.29, 0.717) is 18.6 Å². The Morgan fingerprint density at radius 3 is 2.74 bits per heavy atom. The van der Waals surface area contributed by atoms with Crippen molar-refractivity contribution in [2.45, 2.75) is 17.7 Å². The number of aromatic nitrogens is 1. The lowest BCUT2D eigenvalue weighted by atomic mass is 10.2. The lowest BCUT2D eigenvalue weighted by Crippen LogP contribution is -2.25. The second-order valence-electron chi connectivity index (χ2n) is 4.22. The summed E-state index contributed by atoms with van der Waals surface area (Å²) in [6, 6.07) is 8.76. The highest BCUT2D eigenvalue weighted by molar-refractivity contribution is 7.89. The molecule has 2 rings (SSSR count). The van der Waals surface area contributed by atoms with Crippen molar-refractivity contribution in [3.63, 3.8) is 0 Å². The normalized spacial score (nSPS) is 11.8. The zero-order valence-corrected chi connectivity index (χ0v) is 11.4. The van der Waals surface area contributed by atoms with Crippen LogP contribution in [0, 0.1) is 0 Å². The molecule has 0 atom stereocenters. The number of fused-ring (bicyclic) bond motifs is 1. The van der Waals surface area contributed by atoms with Gasteiger partial charge in [-0.25, -0.2) is 13.1 Å². The average molecular weight is 279 g/mol. The summed E-state index contributed by atoms with van der Waals surface area (Å²) in [5.74, 6) is 0. The number of rotatable bonds is 6. The standard InChI is InChI=1S/C13H17N3O2S/c14-8-1-2-10-16-19(17,18)12-7-3-5-11-6-4-9-15-13(11)12/h3-7,9,16H,1-2,8,10,14H2. The fourth-order valence-electron chi connectivity index (χ4n) is 1.85. The molecule has 0 saturated carbocycles. The molecule has 0 radical (unpaired) electrons. The summed E-state index contributed by atoms with van der Waals surface area (Å²) in [6.45, 7) is 0.959. The highest BCUT2D eigenvalue weighted by Crippen LogP contribution is 2.20. The summed E-state index contributed by atoms with van der Waals surface area (Å²) in [5.41, 5.74) is 5.87. The Hall–Kier alpha value is -1.50. The summed E-state index contributed by atoms with van der Waals surface area (Å²) in [7, 11) is -3.52. The van der Waals surface area contributed by atoms with Crippen molar-refractivity contribution in [1.29, 1.82) is 0 Å². The third kappa shape index (κ3) is 3.28. The molecule has 3 N–H and O–H groups in total. The van der Waals surface area contributed by atoms with E-state index in [-0.39, 0.29) is 4.90 Å². The van der Waals surface area contributed by atoms with Crippen LogP contribution in [0.1, 0.15) is 12.8 Å². The third-order valence-electron chi connectivity index (χ3n) is 2.81. The highest BCUT2D eigenvalue weighted by Gasteiger charge is 2.17. The molecular formula is C13H17N3O2S. The summed E-state index contributed by atoms with van der Waals surface area (Å²) < 4.78 is 27.0. The first-order chi connectivity index (χ1) is 9.15. The van der Waals surface area contributed by atoms with E-state index in [2.05, 4.69) is 9.71 Å². The third-order valence-corrected chi connectivity index (χ3v) is 4.30. The minimum absolute atomic E-state index is 0.221. The molecule has 0 saturated heterocycles. The second kappa shape index (κ2) is 6.10. The van der Waals surface area contributed by atoms with Gasteiger partial charge in [0.25, 0.3) is 0 Å². The SMILES string of the molecule is NCCCCNS(=O)(=O)c1cccc2cccnc12. The molecule has 0 unspecified atom stereocenters. The van der Waals surface area contributed by atoms with E-state index in [1.807, 2.05) is 12.1 Å². The smallest absolute Gasteiger partial charge is 0.242 e. The van der Waals surface area contributed by atoms with E-state index in [4.69, 9.17) is 5.73 Å². The molecule has 5 nitrogen and oxygen atoms in total. The van der Waals surface area contributed by atoms with E-state index in [1.165, 1.54) is 0 Å². The lowest BCUT2D eigenvalue weighted by Gasteiger charge is -2.08. The van der Waals surface area contributed by atoms with Gasteiger partial charge in [-0.3, -0.25) is 4.98 Å². The topological polar surface area (TPSA) is 85.1 Å². The van der Waals surface area contributed by atoms with Crippen LogP contribution < -0.4 is 10.5 Å². The van der Waals surface area contributed by atoms with Gasteiger partial charge in [0.2, 0.25) is 10.0 Å². The van der Waals surface area contributed by atoms with Crippen LogP contribution in [0.4, 0.5) is 0 Å². The summed E-state index contributed by atoms with van der Waals surface area (Å²) in [6.07, 6.45) is 3.13. The number of hydrogen-bond acceptors (Lipinski definition) is 4. The zero-order chi connectivity index (χ0) is 13.7. The molecule has 0 spiro atoms. The molecule has 19 heavy (non-hydrogen) atoms. The van der Waals surface area contributed by atoms with E-state index < -0.39 is 10.0 Å². The van der Waals surface area contributed by atoms with Gasteiger partial charge in [-0.1, -0.05) is 18.2 Å². The maximum Gasteiger partial charge on any atom is 0.242 e. The number of nitrogens with one attached hydrogen (secondary N) is 1. The molecule has 102 valence electrons. The molecule has 2 aromatic rings. The average Bonchev–Trinajstić information content (AvgIpc) is 2.43. The van der Waals surface area contributed by atoms with Gasteiger partial charge in [-0.05, 0) is 31.5 Å². The van der Waals surface area contributed by atoms with E-state index in [0.717, 1.165) is 18.2 Å². The molecule has 0 aliphatic heterocycles. The Morgan fingerprint density at radius 2 is 1.95 bits per heavy atom. The highest BCUT2D eigenvalue weighted by atomic mass is 32.2. The van der Waals surface area contributed by atoms with Crippen molar-refractivity contribution in [3.05, 3.63) is 36.5 Å². The number of unbranched alkanes of at least 4 members (excludes halogenated alkanes) is 1. The summed E-state index contributed by atoms with van der Waals surface area (Å²) >= 11 is 0. The number of nitrogens with two attached hydrogens (primary N) is 1. The number of benzene rings is 1. The van der Waals surface area contributed by atoms with Crippen molar-refractivity contribution in [2.75, 3.05) is 13.1 Å². The number of para-hydroxylation sites is 1. The molecule has 1 heterocycles. The Kier molecular flexibility index (Phi) is 4.47. The Labute approximate surface area is 112 Å². The molecule has 6 heteroatoms. The molecule has 1 aromatic heterocycles. The fourth-order valence-corrected chi connectivity index (χ4v) is 3.10. The van der Waals surface area contributed by atoms with Crippen molar-refractivity contribution in [2.24, 2.45) is 5.73 Å². The number of nitrogens with zero attached hydrogens (tertiary/aromatic N) is 1. The second-order valence-corrected chi connectivity index (χ2v) is 5.96. The Bertz CT molecular complexity index is 650. The van der Waals surface area contributed by atoms with E-state index >= 15 is 0 Å². The molecule has 0 amide bonds. The molecule has 1 aromatic carbocycles. The van der Waals surface area contributed by atoms with Crippen LogP contribution in [-0.2, 0) is 10.0 Å². The maximum atomic E-state index is 12.2. The van der Waals surface area contributed by atoms with E-state index in [1.54, 1.807) is 24.4 Å². The van der Waals surface area contributed by atoms with Crippen molar-refractivity contribution < 1.29 is 8.42 Å². The summed E-state index contributed by atoms with van der Waals surface area (Å²) in [5, 5.41) is 0.812. The minimum Gasteiger partial charge on any atom is -0.330 e. The van der Waals surface area contributed by atoms with Gasteiger partial charge in [0.05, 0.1) is 5.52 Å². The lowest BCUT2D eigenvalue weighted by molar-refractivity contribution is 0.578. The predicted octanol–water partition coefficient (Wildman–Crippen LogP) is 1.25. The molecule has 0 fully saturated rings. The molecule has 0 aliphatic carbocycles.